The molecule has 2 aliphatic carbocycles. The van der Waals surface area contributed by atoms with E-state index in [-0.39, 0.29) is 12.0 Å². The van der Waals surface area contributed by atoms with Gasteiger partial charge >= 0.3 is 0 Å². The fourth-order valence-electron chi connectivity index (χ4n) is 4.41. The summed E-state index contributed by atoms with van der Waals surface area (Å²) in [6.45, 7) is 0. The van der Waals surface area contributed by atoms with E-state index in [1.807, 2.05) is 0 Å². The number of carbonyl (C=O) groups excluding carboxylic acids is 1. The van der Waals surface area contributed by atoms with Crippen molar-refractivity contribution in [3.8, 4) is 0 Å². The van der Waals surface area contributed by atoms with E-state index in [1.54, 1.807) is 0 Å². The molecule has 0 radical (unpaired) electrons. The molecule has 1 N–H and O–H groups in total. The average Bonchev–Trinajstić information content (AvgIpc) is 2.38. The molecule has 1 aromatic carbocycles. The van der Waals surface area contributed by atoms with E-state index in [0.29, 0.717) is 17.9 Å². The predicted octanol–water partition coefficient (Wildman–Crippen LogP) is 0.443. The van der Waals surface area contributed by atoms with Gasteiger partial charge in [0.1, 0.15) is 0 Å². The Hall–Kier alpha value is -1.35. The van der Waals surface area contributed by atoms with Gasteiger partial charge in [-0.1, -0.05) is 24.3 Å². The highest BCUT2D eigenvalue weighted by Crippen LogP contribution is 2.50. The molecule has 3 heteroatoms. The van der Waals surface area contributed by atoms with E-state index in [2.05, 4.69) is 29.6 Å². The number of hydrogen-bond donors (Lipinski definition) is 1. The zero-order valence-electron chi connectivity index (χ0n) is 10.1. The molecule has 0 amide bonds. The topological polar surface area (TPSA) is 52.2 Å². The van der Waals surface area contributed by atoms with Crippen molar-refractivity contribution in [3.05, 3.63) is 35.4 Å². The standard InChI is InChI=1S/C15H17NO2/c17-15(18)12-6-11-10-7-14(12)16-13(11)5-8-3-1-2-4-9(8)10/h1-4,10-14,16H,5-7H2,(H,17,18)/p-1. The molecule has 2 heterocycles. The number of fused-ring (bicyclic) bond motifs is 2. The second-order valence-electron chi connectivity index (χ2n) is 5.95. The van der Waals surface area contributed by atoms with Crippen molar-refractivity contribution in [2.45, 2.75) is 37.3 Å². The summed E-state index contributed by atoms with van der Waals surface area (Å²) in [6, 6.07) is 9.23. The van der Waals surface area contributed by atoms with Crippen LogP contribution in [0.5, 0.6) is 0 Å². The molecule has 0 spiro atoms. The molecule has 5 unspecified atom stereocenters. The minimum Gasteiger partial charge on any atom is -0.550 e. The summed E-state index contributed by atoms with van der Waals surface area (Å²) < 4.78 is 0. The second kappa shape index (κ2) is 3.58. The number of hydrogen-bond acceptors (Lipinski definition) is 3. The number of nitrogens with one attached hydrogen (secondary N) is 1. The van der Waals surface area contributed by atoms with Gasteiger partial charge in [-0.15, -0.1) is 0 Å². The van der Waals surface area contributed by atoms with Crippen LogP contribution >= 0.6 is 0 Å². The third-order valence-corrected chi connectivity index (χ3v) is 5.18. The third-order valence-electron chi connectivity index (χ3n) is 5.18. The van der Waals surface area contributed by atoms with E-state index in [0.717, 1.165) is 19.3 Å². The third kappa shape index (κ3) is 1.31. The summed E-state index contributed by atoms with van der Waals surface area (Å²) in [6.07, 6.45) is 2.80. The maximum Gasteiger partial charge on any atom is 0.0460 e. The summed E-state index contributed by atoms with van der Waals surface area (Å²) in [5.41, 5.74) is 2.91. The molecule has 0 aromatic heterocycles. The first kappa shape index (κ1) is 10.6. The number of carboxylic acid groups (broad SMARTS) is 1. The van der Waals surface area contributed by atoms with Crippen LogP contribution in [0.15, 0.2) is 24.3 Å². The van der Waals surface area contributed by atoms with Gasteiger partial charge in [0.05, 0.1) is 0 Å². The van der Waals surface area contributed by atoms with E-state index in [4.69, 9.17) is 0 Å². The van der Waals surface area contributed by atoms with Crippen molar-refractivity contribution in [1.29, 1.82) is 0 Å². The largest absolute Gasteiger partial charge is 0.550 e. The van der Waals surface area contributed by atoms with Gasteiger partial charge in [0, 0.05) is 24.0 Å². The Morgan fingerprint density at radius 2 is 2.06 bits per heavy atom. The van der Waals surface area contributed by atoms with Crippen molar-refractivity contribution in [2.24, 2.45) is 11.8 Å². The van der Waals surface area contributed by atoms with Crippen molar-refractivity contribution >= 4 is 5.97 Å². The minimum absolute atomic E-state index is 0.114. The van der Waals surface area contributed by atoms with Gasteiger partial charge in [-0.25, -0.2) is 0 Å². The fourth-order valence-corrected chi connectivity index (χ4v) is 4.41. The van der Waals surface area contributed by atoms with Gasteiger partial charge in [-0.3, -0.25) is 0 Å². The molecule has 4 aliphatic rings. The molecule has 94 valence electrons. The Morgan fingerprint density at radius 3 is 2.83 bits per heavy atom. The SMILES string of the molecule is O=C([O-])C1CC2C3Cc4ccccc4C2CC1N3. The van der Waals surface area contributed by atoms with Crippen LogP contribution in [-0.2, 0) is 11.2 Å². The summed E-state index contributed by atoms with van der Waals surface area (Å²) in [4.78, 5) is 11.2. The highest BCUT2D eigenvalue weighted by Gasteiger charge is 2.50. The quantitative estimate of drug-likeness (QED) is 0.777. The van der Waals surface area contributed by atoms with Crippen molar-refractivity contribution in [3.63, 3.8) is 0 Å². The lowest BCUT2D eigenvalue weighted by atomic mass is 9.58. The van der Waals surface area contributed by atoms with Crippen LogP contribution in [0.4, 0.5) is 0 Å². The number of piperidine rings is 2. The van der Waals surface area contributed by atoms with Crippen LogP contribution in [-0.4, -0.2) is 18.1 Å². The van der Waals surface area contributed by atoms with Crippen LogP contribution < -0.4 is 10.4 Å². The minimum atomic E-state index is -0.872. The predicted molar refractivity (Wildman–Crippen MR) is 64.8 cm³/mol. The van der Waals surface area contributed by atoms with Crippen molar-refractivity contribution < 1.29 is 9.90 Å². The number of benzene rings is 1. The smallest absolute Gasteiger partial charge is 0.0460 e. The molecule has 1 saturated carbocycles. The molecule has 4 bridgehead atoms. The number of carbonyl (C=O) groups is 1. The summed E-state index contributed by atoms with van der Waals surface area (Å²) in [5, 5.41) is 14.7. The Balaban J connectivity index is 1.73. The average molecular weight is 242 g/mol. The molecule has 3 nitrogen and oxygen atoms in total. The molecule has 3 fully saturated rings. The van der Waals surface area contributed by atoms with Gasteiger partial charge in [-0.05, 0) is 42.2 Å². The van der Waals surface area contributed by atoms with E-state index >= 15 is 0 Å². The highest BCUT2D eigenvalue weighted by molar-refractivity contribution is 5.69. The van der Waals surface area contributed by atoms with Crippen LogP contribution in [0.3, 0.4) is 0 Å². The first-order valence-electron chi connectivity index (χ1n) is 6.79. The zero-order chi connectivity index (χ0) is 12.3. The number of carboxylic acids is 1. The maximum absolute atomic E-state index is 11.2. The molecule has 5 rings (SSSR count). The van der Waals surface area contributed by atoms with Gasteiger partial charge in [0.2, 0.25) is 0 Å². The van der Waals surface area contributed by atoms with E-state index in [1.165, 1.54) is 11.1 Å². The van der Waals surface area contributed by atoms with Crippen LogP contribution in [0.2, 0.25) is 0 Å². The normalized spacial score (nSPS) is 40.3. The van der Waals surface area contributed by atoms with Gasteiger partial charge in [0.25, 0.3) is 0 Å². The second-order valence-corrected chi connectivity index (χ2v) is 5.95. The lowest BCUT2D eigenvalue weighted by molar-refractivity contribution is -0.315. The van der Waals surface area contributed by atoms with Crippen LogP contribution in [0.1, 0.15) is 29.9 Å². The van der Waals surface area contributed by atoms with Crippen molar-refractivity contribution in [1.82, 2.24) is 5.32 Å². The summed E-state index contributed by atoms with van der Waals surface area (Å²) in [7, 11) is 0. The Labute approximate surface area is 106 Å². The molecule has 2 aliphatic heterocycles. The van der Waals surface area contributed by atoms with E-state index in [9.17, 15) is 9.90 Å². The highest BCUT2D eigenvalue weighted by atomic mass is 16.4. The maximum atomic E-state index is 11.2. The van der Waals surface area contributed by atoms with Crippen LogP contribution in [0, 0.1) is 11.8 Å². The molecule has 2 saturated heterocycles. The number of aliphatic carboxylic acids is 1. The first-order chi connectivity index (χ1) is 8.74. The number of rotatable bonds is 1. The Bertz CT molecular complexity index is 513. The first-order valence-corrected chi connectivity index (χ1v) is 6.79. The van der Waals surface area contributed by atoms with Gasteiger partial charge < -0.3 is 15.2 Å². The van der Waals surface area contributed by atoms with E-state index < -0.39 is 5.97 Å². The molecule has 18 heavy (non-hydrogen) atoms. The lowest BCUT2D eigenvalue weighted by Crippen LogP contribution is -2.64. The van der Waals surface area contributed by atoms with Gasteiger partial charge in [0.15, 0.2) is 0 Å². The summed E-state index contributed by atoms with van der Waals surface area (Å²) >= 11 is 0. The van der Waals surface area contributed by atoms with Crippen LogP contribution in [0.25, 0.3) is 0 Å². The zero-order valence-corrected chi connectivity index (χ0v) is 10.1. The molecular weight excluding hydrogens is 226 g/mol. The van der Waals surface area contributed by atoms with Crippen molar-refractivity contribution in [2.75, 3.05) is 0 Å². The molecular formula is C15H16NO2-. The lowest BCUT2D eigenvalue weighted by Gasteiger charge is -2.55. The Morgan fingerprint density at radius 1 is 1.22 bits per heavy atom. The monoisotopic (exact) mass is 242 g/mol. The Kier molecular flexibility index (Phi) is 2.10. The van der Waals surface area contributed by atoms with Gasteiger partial charge in [-0.2, -0.15) is 0 Å². The molecule has 1 aromatic rings. The fraction of sp³-hybridized carbons (Fsp3) is 0.533. The molecule has 5 atom stereocenters. The summed E-state index contributed by atoms with van der Waals surface area (Å²) in [5.74, 6) is -0.120.